The van der Waals surface area contributed by atoms with Crippen LogP contribution in [0.5, 0.6) is 0 Å². The Balaban J connectivity index is 1.70. The van der Waals surface area contributed by atoms with Crippen molar-refractivity contribution in [3.05, 3.63) is 65.0 Å². The first-order valence-electron chi connectivity index (χ1n) is 15.4. The lowest BCUT2D eigenvalue weighted by Crippen LogP contribution is -2.60. The van der Waals surface area contributed by atoms with E-state index in [-0.39, 0.29) is 29.4 Å². The van der Waals surface area contributed by atoms with Gasteiger partial charge in [-0.25, -0.2) is 35.2 Å². The third kappa shape index (κ3) is 5.81. The van der Waals surface area contributed by atoms with Crippen molar-refractivity contribution in [2.24, 2.45) is 5.92 Å². The molecule has 1 aliphatic carbocycles. The van der Waals surface area contributed by atoms with Crippen LogP contribution in [0.1, 0.15) is 49.8 Å². The molecule has 1 N–H and O–H groups in total. The second-order valence-electron chi connectivity index (χ2n) is 13.1. The van der Waals surface area contributed by atoms with E-state index in [9.17, 15) is 62.3 Å². The Morgan fingerprint density at radius 2 is 1.58 bits per heavy atom. The first-order valence-corrected chi connectivity index (χ1v) is 18.7. The quantitative estimate of drug-likeness (QED) is 0.291. The third-order valence-corrected chi connectivity index (χ3v) is 14.2. The fourth-order valence-electron chi connectivity index (χ4n) is 7.65. The highest BCUT2D eigenvalue weighted by atomic mass is 32.2. The van der Waals surface area contributed by atoms with Gasteiger partial charge in [-0.3, -0.25) is 0 Å². The zero-order valence-electron chi connectivity index (χ0n) is 26.4. The number of carbonyl (C=O) groups is 2. The highest BCUT2D eigenvalue weighted by molar-refractivity contribution is 7.92. The number of alkyl halides is 7. The van der Waals surface area contributed by atoms with Crippen LogP contribution in [0.15, 0.2) is 47.4 Å². The van der Waals surface area contributed by atoms with Gasteiger partial charge in [0.1, 0.15) is 16.6 Å². The molecular weight excluding hydrogens is 728 g/mol. The van der Waals surface area contributed by atoms with Crippen LogP contribution in [0.4, 0.5) is 39.9 Å². The van der Waals surface area contributed by atoms with Gasteiger partial charge in [0.25, 0.3) is 0 Å². The highest BCUT2D eigenvalue weighted by Crippen LogP contribution is 2.57. The summed E-state index contributed by atoms with van der Waals surface area (Å²) in [5.41, 5.74) is -8.31. The molecule has 5 rings (SSSR count). The lowest BCUT2D eigenvalue weighted by molar-refractivity contribution is -0.348. The number of fused-ring (bicyclic) bond motifs is 3. The number of rotatable bonds is 7. The topological polar surface area (TPSA) is 129 Å². The van der Waals surface area contributed by atoms with Gasteiger partial charge >= 0.3 is 30.0 Å². The van der Waals surface area contributed by atoms with Crippen molar-refractivity contribution in [2.75, 3.05) is 18.1 Å². The number of halogens is 8. The van der Waals surface area contributed by atoms with Gasteiger partial charge in [0.2, 0.25) is 0 Å². The predicted octanol–water partition coefficient (Wildman–Crippen LogP) is 5.52. The third-order valence-electron chi connectivity index (χ3n) is 9.92. The van der Waals surface area contributed by atoms with Crippen LogP contribution in [0.3, 0.4) is 0 Å². The van der Waals surface area contributed by atoms with Gasteiger partial charge in [-0.2, -0.15) is 26.3 Å². The number of amides is 2. The fourth-order valence-corrected chi connectivity index (χ4v) is 11.7. The maximum atomic E-state index is 15.1. The summed E-state index contributed by atoms with van der Waals surface area (Å²) in [6.45, 7) is 2.55. The van der Waals surface area contributed by atoms with E-state index in [0.717, 1.165) is 34.1 Å². The minimum Gasteiger partial charge on any atom is -0.480 e. The molecule has 3 aliphatic rings. The maximum Gasteiger partial charge on any atom is 0.435 e. The summed E-state index contributed by atoms with van der Waals surface area (Å²) >= 11 is 0. The number of carboxylic acids is 1. The number of hydrogen-bond donors (Lipinski definition) is 1. The van der Waals surface area contributed by atoms with E-state index in [1.54, 1.807) is 0 Å². The van der Waals surface area contributed by atoms with Crippen LogP contribution in [-0.4, -0.2) is 92.3 Å². The summed E-state index contributed by atoms with van der Waals surface area (Å²) in [5, 5.41) is 10.1. The van der Waals surface area contributed by atoms with Gasteiger partial charge in [0, 0.05) is 18.2 Å². The van der Waals surface area contributed by atoms with Crippen molar-refractivity contribution in [3.63, 3.8) is 0 Å². The molecule has 2 aromatic carbocycles. The van der Waals surface area contributed by atoms with Crippen LogP contribution in [0.2, 0.25) is 0 Å². The Bertz CT molecular complexity index is 1890. The van der Waals surface area contributed by atoms with Crippen LogP contribution in [0, 0.1) is 11.7 Å². The van der Waals surface area contributed by atoms with E-state index in [1.165, 1.54) is 13.8 Å². The number of carbonyl (C=O) groups excluding carboxylic acids is 1. The summed E-state index contributed by atoms with van der Waals surface area (Å²) in [4.78, 5) is 28.4. The SMILES string of the molecule is CC(C)C(C(=O)O)N(C(=O)N1CC[C@@]2(S(=O)(=O)c3ccc(F)cc3)c3ccc(C(F)(C(F)(F)F)C(F)(F)F)cc3CC[C@@H]12)C1CCS(=O)(=O)C1. The Morgan fingerprint density at radius 1 is 0.980 bits per heavy atom. The predicted molar refractivity (Wildman–Crippen MR) is 161 cm³/mol. The standard InChI is InChI=1S/C31H32F8N2O7S2/c1-17(2)25(26(42)43)41(21-11-14-49(45,46)16-21)27(44)40-13-12-28(50(47,48)22-7-5-20(32)6-8-22)23-9-4-19(15-18(23)3-10-24(28)40)29(33,30(34,35)36)31(37,38)39/h4-9,15,17,21,24-25H,3,10-14,16H2,1-2H3,(H,42,43)/t21?,24-,25?,28-/m1/s1. The smallest absolute Gasteiger partial charge is 0.435 e. The number of sulfone groups is 2. The molecule has 2 heterocycles. The number of aliphatic carboxylic acids is 1. The molecular formula is C31H32F8N2O7S2. The van der Waals surface area contributed by atoms with Gasteiger partial charge in [0.15, 0.2) is 19.7 Å². The second kappa shape index (κ2) is 12.3. The van der Waals surface area contributed by atoms with E-state index in [2.05, 4.69) is 0 Å². The van der Waals surface area contributed by atoms with Crippen LogP contribution < -0.4 is 0 Å². The molecule has 4 atom stereocenters. The van der Waals surface area contributed by atoms with Crippen LogP contribution in [-0.2, 0) is 41.3 Å². The minimum absolute atomic E-state index is 0.114. The van der Waals surface area contributed by atoms with E-state index < -0.39 is 126 Å². The maximum absolute atomic E-state index is 15.1. The van der Waals surface area contributed by atoms with Crippen molar-refractivity contribution in [1.29, 1.82) is 0 Å². The van der Waals surface area contributed by atoms with Crippen molar-refractivity contribution in [3.8, 4) is 0 Å². The number of aryl methyl sites for hydroxylation is 1. The van der Waals surface area contributed by atoms with Crippen molar-refractivity contribution < 1.29 is 66.7 Å². The molecule has 9 nitrogen and oxygen atoms in total. The first-order chi connectivity index (χ1) is 22.9. The molecule has 0 bridgehead atoms. The zero-order valence-corrected chi connectivity index (χ0v) is 28.1. The van der Waals surface area contributed by atoms with E-state index >= 15 is 4.39 Å². The number of hydrogen-bond acceptors (Lipinski definition) is 6. The van der Waals surface area contributed by atoms with Gasteiger partial charge < -0.3 is 14.9 Å². The summed E-state index contributed by atoms with van der Waals surface area (Å²) in [6, 6.07) is -0.504. The molecule has 276 valence electrons. The Kier molecular flexibility index (Phi) is 9.32. The number of urea groups is 1. The van der Waals surface area contributed by atoms with E-state index in [4.69, 9.17) is 0 Å². The molecule has 19 heteroatoms. The summed E-state index contributed by atoms with van der Waals surface area (Å²) in [6.07, 6.45) is -14.3. The van der Waals surface area contributed by atoms with E-state index in [1.807, 2.05) is 0 Å². The van der Waals surface area contributed by atoms with E-state index in [0.29, 0.717) is 12.1 Å². The molecule has 2 amide bonds. The zero-order chi connectivity index (χ0) is 37.4. The van der Waals surface area contributed by atoms with Crippen molar-refractivity contribution in [1.82, 2.24) is 9.80 Å². The van der Waals surface area contributed by atoms with Gasteiger partial charge in [-0.05, 0) is 67.0 Å². The minimum atomic E-state index is -6.45. The molecule has 2 unspecified atom stereocenters. The van der Waals surface area contributed by atoms with Gasteiger partial charge in [-0.1, -0.05) is 32.0 Å². The lowest BCUT2D eigenvalue weighted by Gasteiger charge is -2.45. The average Bonchev–Trinajstić information content (AvgIpc) is 3.58. The van der Waals surface area contributed by atoms with Crippen LogP contribution in [0.25, 0.3) is 0 Å². The molecule has 0 aromatic heterocycles. The molecule has 0 radical (unpaired) electrons. The summed E-state index contributed by atoms with van der Waals surface area (Å²) < 4.78 is 163. The number of carboxylic acid groups (broad SMARTS) is 1. The molecule has 2 saturated heterocycles. The van der Waals surface area contributed by atoms with Gasteiger partial charge in [-0.15, -0.1) is 0 Å². The molecule has 2 fully saturated rings. The number of benzene rings is 2. The average molecular weight is 761 g/mol. The van der Waals surface area contributed by atoms with Gasteiger partial charge in [0.05, 0.1) is 22.4 Å². The Labute approximate surface area is 282 Å². The molecule has 0 spiro atoms. The number of likely N-dealkylation sites (tertiary alicyclic amines) is 1. The lowest BCUT2D eigenvalue weighted by atomic mass is 9.77. The Morgan fingerprint density at radius 3 is 2.08 bits per heavy atom. The van der Waals surface area contributed by atoms with Crippen molar-refractivity contribution in [2.45, 2.75) is 85.3 Å². The normalized spacial score (nSPS) is 24.5. The first kappa shape index (κ1) is 37.8. The fraction of sp³-hybridized carbons (Fsp3) is 0.548. The Hall–Kier alpha value is -3.48. The molecule has 0 saturated carbocycles. The van der Waals surface area contributed by atoms with Crippen LogP contribution >= 0.6 is 0 Å². The highest BCUT2D eigenvalue weighted by Gasteiger charge is 2.74. The number of nitrogens with zero attached hydrogens (tertiary/aromatic N) is 2. The van der Waals surface area contributed by atoms with Crippen molar-refractivity contribution >= 4 is 31.7 Å². The molecule has 2 aliphatic heterocycles. The monoisotopic (exact) mass is 760 g/mol. The second-order valence-corrected chi connectivity index (χ2v) is 17.6. The molecule has 2 aromatic rings. The molecule has 50 heavy (non-hydrogen) atoms. The summed E-state index contributed by atoms with van der Waals surface area (Å²) in [7, 11) is -8.49. The largest absolute Gasteiger partial charge is 0.480 e. The summed E-state index contributed by atoms with van der Waals surface area (Å²) in [5.74, 6) is -3.97.